The Morgan fingerprint density at radius 2 is 2.17 bits per heavy atom. The van der Waals surface area contributed by atoms with Gasteiger partial charge in [0.15, 0.2) is 16.5 Å². The van der Waals surface area contributed by atoms with Crippen molar-refractivity contribution in [3.05, 3.63) is 57.5 Å². The number of hydrogen-bond acceptors (Lipinski definition) is 6. The van der Waals surface area contributed by atoms with Crippen molar-refractivity contribution in [1.29, 1.82) is 0 Å². The number of thiazole rings is 1. The first-order valence-corrected chi connectivity index (χ1v) is 7.96. The van der Waals surface area contributed by atoms with E-state index in [1.165, 1.54) is 29.0 Å². The second-order valence-corrected chi connectivity index (χ2v) is 5.74. The van der Waals surface area contributed by atoms with Crippen LogP contribution in [0.1, 0.15) is 15.9 Å². The van der Waals surface area contributed by atoms with E-state index in [1.54, 1.807) is 30.8 Å². The van der Waals surface area contributed by atoms with E-state index in [0.717, 1.165) is 5.56 Å². The molecule has 0 saturated carbocycles. The number of nitrogens with zero attached hydrogens (tertiary/aromatic N) is 2. The van der Waals surface area contributed by atoms with E-state index in [4.69, 9.17) is 9.47 Å². The summed E-state index contributed by atoms with van der Waals surface area (Å²) in [7, 11) is 3.08. The molecule has 124 valence electrons. The standard InChI is InChI=1S/C16H15N3O4S/c1-22-12-5-3-4-10(13(12)23-2)8-17-14(20)11-9-18-16-19(15(11)21)6-7-24-16/h3-7,9H,8H2,1-2H3,(H,17,20). The summed E-state index contributed by atoms with van der Waals surface area (Å²) in [6, 6.07) is 5.39. The van der Waals surface area contributed by atoms with Crippen LogP contribution in [-0.2, 0) is 6.54 Å². The fraction of sp³-hybridized carbons (Fsp3) is 0.188. The molecule has 0 unspecified atom stereocenters. The van der Waals surface area contributed by atoms with Crippen LogP contribution >= 0.6 is 11.3 Å². The summed E-state index contributed by atoms with van der Waals surface area (Å²) in [5, 5.41) is 4.46. The number of carbonyl (C=O) groups excluding carboxylic acids is 1. The number of carbonyl (C=O) groups is 1. The largest absolute Gasteiger partial charge is 0.493 e. The Morgan fingerprint density at radius 1 is 1.33 bits per heavy atom. The van der Waals surface area contributed by atoms with Crippen LogP contribution < -0.4 is 20.3 Å². The van der Waals surface area contributed by atoms with Gasteiger partial charge in [0, 0.05) is 29.9 Å². The topological polar surface area (TPSA) is 81.9 Å². The maximum absolute atomic E-state index is 12.3. The number of rotatable bonds is 5. The number of methoxy groups -OCH3 is 2. The van der Waals surface area contributed by atoms with Gasteiger partial charge in [0.2, 0.25) is 0 Å². The number of benzene rings is 1. The first-order valence-electron chi connectivity index (χ1n) is 7.08. The number of ether oxygens (including phenoxy) is 2. The molecule has 0 fully saturated rings. The zero-order chi connectivity index (χ0) is 17.1. The van der Waals surface area contributed by atoms with Gasteiger partial charge in [-0.1, -0.05) is 12.1 Å². The van der Waals surface area contributed by atoms with E-state index in [1.807, 2.05) is 6.07 Å². The van der Waals surface area contributed by atoms with Crippen LogP contribution in [0.5, 0.6) is 11.5 Å². The molecule has 1 N–H and O–H groups in total. The minimum absolute atomic E-state index is 0.00670. The van der Waals surface area contributed by atoms with Gasteiger partial charge in [-0.15, -0.1) is 11.3 Å². The summed E-state index contributed by atoms with van der Waals surface area (Å²) >= 11 is 1.33. The van der Waals surface area contributed by atoms with E-state index in [9.17, 15) is 9.59 Å². The van der Waals surface area contributed by atoms with Crippen molar-refractivity contribution in [3.63, 3.8) is 0 Å². The monoisotopic (exact) mass is 345 g/mol. The number of nitrogens with one attached hydrogen (secondary N) is 1. The Hall–Kier alpha value is -2.87. The molecule has 3 aromatic rings. The normalized spacial score (nSPS) is 10.6. The molecule has 0 radical (unpaired) electrons. The lowest BCUT2D eigenvalue weighted by Gasteiger charge is -2.13. The summed E-state index contributed by atoms with van der Waals surface area (Å²) in [5.41, 5.74) is 0.346. The average Bonchev–Trinajstić information content (AvgIpc) is 3.09. The first-order chi connectivity index (χ1) is 11.7. The van der Waals surface area contributed by atoms with E-state index in [-0.39, 0.29) is 12.1 Å². The molecule has 0 spiro atoms. The summed E-state index contributed by atoms with van der Waals surface area (Å²) in [4.78, 5) is 29.3. The van der Waals surface area contributed by atoms with Crippen molar-refractivity contribution < 1.29 is 14.3 Å². The molecule has 24 heavy (non-hydrogen) atoms. The van der Waals surface area contributed by atoms with Crippen LogP contribution in [-0.4, -0.2) is 29.5 Å². The highest BCUT2D eigenvalue weighted by atomic mass is 32.1. The van der Waals surface area contributed by atoms with Gasteiger partial charge in [0.1, 0.15) is 5.56 Å². The number of para-hydroxylation sites is 1. The van der Waals surface area contributed by atoms with Gasteiger partial charge in [-0.25, -0.2) is 4.98 Å². The molecule has 0 aliphatic carbocycles. The Morgan fingerprint density at radius 3 is 2.92 bits per heavy atom. The number of hydrogen-bond donors (Lipinski definition) is 1. The smallest absolute Gasteiger partial charge is 0.271 e. The molecule has 7 nitrogen and oxygen atoms in total. The summed E-state index contributed by atoms with van der Waals surface area (Å²) in [6.07, 6.45) is 2.89. The molecule has 1 amide bonds. The molecule has 0 saturated heterocycles. The van der Waals surface area contributed by atoms with Crippen molar-refractivity contribution in [3.8, 4) is 11.5 Å². The lowest BCUT2D eigenvalue weighted by atomic mass is 10.1. The fourth-order valence-corrected chi connectivity index (χ4v) is 3.02. The highest BCUT2D eigenvalue weighted by Gasteiger charge is 2.15. The van der Waals surface area contributed by atoms with Gasteiger partial charge >= 0.3 is 0 Å². The molecule has 1 aromatic carbocycles. The minimum atomic E-state index is -0.488. The Labute approximate surface area is 141 Å². The van der Waals surface area contributed by atoms with Gasteiger partial charge < -0.3 is 14.8 Å². The third-order valence-electron chi connectivity index (χ3n) is 3.51. The maximum Gasteiger partial charge on any atom is 0.271 e. The summed E-state index contributed by atoms with van der Waals surface area (Å²) in [5.74, 6) is 0.632. The SMILES string of the molecule is COc1cccc(CNC(=O)c2cnc3sccn3c2=O)c1OC. The van der Waals surface area contributed by atoms with E-state index < -0.39 is 11.5 Å². The van der Waals surface area contributed by atoms with Crippen LogP contribution in [0.2, 0.25) is 0 Å². The van der Waals surface area contributed by atoms with E-state index in [2.05, 4.69) is 10.3 Å². The predicted octanol–water partition coefficient (Wildman–Crippen LogP) is 1.70. The maximum atomic E-state index is 12.3. The second-order valence-electron chi connectivity index (χ2n) is 4.87. The number of amides is 1. The molecule has 2 aromatic heterocycles. The molecule has 0 aliphatic heterocycles. The molecular weight excluding hydrogens is 330 g/mol. The fourth-order valence-electron chi connectivity index (χ4n) is 2.34. The highest BCUT2D eigenvalue weighted by Crippen LogP contribution is 2.30. The second kappa shape index (κ2) is 6.71. The van der Waals surface area contributed by atoms with Crippen molar-refractivity contribution in [1.82, 2.24) is 14.7 Å². The predicted molar refractivity (Wildman–Crippen MR) is 90.1 cm³/mol. The molecule has 3 rings (SSSR count). The molecule has 0 atom stereocenters. The Bertz CT molecular complexity index is 948. The summed E-state index contributed by atoms with van der Waals surface area (Å²) in [6.45, 7) is 0.199. The van der Waals surface area contributed by atoms with Crippen molar-refractivity contribution >= 4 is 22.2 Å². The third kappa shape index (κ3) is 2.83. The van der Waals surface area contributed by atoms with Crippen LogP contribution in [0.15, 0.2) is 40.8 Å². The molecule has 0 aliphatic rings. The molecule has 8 heteroatoms. The lowest BCUT2D eigenvalue weighted by molar-refractivity contribution is 0.0948. The van der Waals surface area contributed by atoms with E-state index in [0.29, 0.717) is 16.5 Å². The van der Waals surface area contributed by atoms with Gasteiger partial charge in [-0.3, -0.25) is 14.0 Å². The lowest BCUT2D eigenvalue weighted by Crippen LogP contribution is -2.30. The van der Waals surface area contributed by atoms with Gasteiger partial charge in [-0.05, 0) is 6.07 Å². The zero-order valence-electron chi connectivity index (χ0n) is 13.1. The number of aromatic nitrogens is 2. The van der Waals surface area contributed by atoms with Gasteiger partial charge in [0.25, 0.3) is 11.5 Å². The zero-order valence-corrected chi connectivity index (χ0v) is 13.9. The van der Waals surface area contributed by atoms with Crippen LogP contribution in [0.25, 0.3) is 4.96 Å². The number of fused-ring (bicyclic) bond motifs is 1. The van der Waals surface area contributed by atoms with Crippen LogP contribution in [0, 0.1) is 0 Å². The van der Waals surface area contributed by atoms with Crippen LogP contribution in [0.3, 0.4) is 0 Å². The summed E-state index contributed by atoms with van der Waals surface area (Å²) < 4.78 is 11.9. The van der Waals surface area contributed by atoms with Crippen molar-refractivity contribution in [2.45, 2.75) is 6.54 Å². The van der Waals surface area contributed by atoms with Gasteiger partial charge in [0.05, 0.1) is 14.2 Å². The third-order valence-corrected chi connectivity index (χ3v) is 4.28. The molecular formula is C16H15N3O4S. The molecule has 2 heterocycles. The minimum Gasteiger partial charge on any atom is -0.493 e. The van der Waals surface area contributed by atoms with Gasteiger partial charge in [-0.2, -0.15) is 0 Å². The van der Waals surface area contributed by atoms with Crippen LogP contribution in [0.4, 0.5) is 0 Å². The Balaban J connectivity index is 1.83. The van der Waals surface area contributed by atoms with Crippen molar-refractivity contribution in [2.24, 2.45) is 0 Å². The Kier molecular flexibility index (Phi) is 4.48. The first kappa shape index (κ1) is 16.0. The van der Waals surface area contributed by atoms with E-state index >= 15 is 0 Å². The quantitative estimate of drug-likeness (QED) is 0.761. The highest BCUT2D eigenvalue weighted by molar-refractivity contribution is 7.15. The average molecular weight is 345 g/mol. The molecule has 0 bridgehead atoms. The van der Waals surface area contributed by atoms with Crippen molar-refractivity contribution in [2.75, 3.05) is 14.2 Å².